The van der Waals surface area contributed by atoms with Crippen LogP contribution in [0.1, 0.15) is 12.5 Å². The normalized spacial score (nSPS) is 12.6. The van der Waals surface area contributed by atoms with Gasteiger partial charge in [0.15, 0.2) is 0 Å². The molecule has 72 valence electrons. The summed E-state index contributed by atoms with van der Waals surface area (Å²) in [6.07, 6.45) is -0.180. The lowest BCUT2D eigenvalue weighted by Gasteiger charge is -2.12. The smallest absolute Gasteiger partial charge is 0.120 e. The molecule has 0 aliphatic heterocycles. The molecular weight excluding hydrogens is 188 g/mol. The fourth-order valence-electron chi connectivity index (χ4n) is 0.960. The molecule has 0 aromatic heterocycles. The maximum atomic E-state index is 8.77. The Morgan fingerprint density at radius 1 is 1.54 bits per heavy atom. The van der Waals surface area contributed by atoms with Crippen LogP contribution in [0.25, 0.3) is 0 Å². The molecule has 0 aliphatic rings. The van der Waals surface area contributed by atoms with Crippen molar-refractivity contribution in [3.05, 3.63) is 28.8 Å². The molecule has 3 heteroatoms. The number of ether oxygens (including phenoxy) is 1. The van der Waals surface area contributed by atoms with Crippen LogP contribution >= 0.6 is 11.6 Å². The topological polar surface area (TPSA) is 29.5 Å². The molecule has 0 spiro atoms. The van der Waals surface area contributed by atoms with E-state index < -0.39 is 0 Å². The van der Waals surface area contributed by atoms with Crippen LogP contribution in [-0.4, -0.2) is 17.8 Å². The van der Waals surface area contributed by atoms with Crippen LogP contribution < -0.4 is 4.74 Å². The van der Waals surface area contributed by atoms with E-state index in [1.54, 1.807) is 12.1 Å². The quantitative estimate of drug-likeness (QED) is 0.812. The van der Waals surface area contributed by atoms with Gasteiger partial charge in [0.05, 0.1) is 6.61 Å². The molecule has 1 aromatic carbocycles. The molecule has 0 saturated carbocycles. The van der Waals surface area contributed by atoms with Crippen molar-refractivity contribution in [1.82, 2.24) is 0 Å². The summed E-state index contributed by atoms with van der Waals surface area (Å²) in [5.74, 6) is 0.739. The van der Waals surface area contributed by atoms with Crippen molar-refractivity contribution in [3.63, 3.8) is 0 Å². The highest BCUT2D eigenvalue weighted by Gasteiger charge is 2.03. The first kappa shape index (κ1) is 10.4. The SMILES string of the molecule is Cc1cc(OC(C)CO)ccc1Cl. The van der Waals surface area contributed by atoms with Gasteiger partial charge in [-0.05, 0) is 37.6 Å². The van der Waals surface area contributed by atoms with Gasteiger partial charge in [-0.15, -0.1) is 0 Å². The van der Waals surface area contributed by atoms with E-state index in [0.29, 0.717) is 0 Å². The Balaban J connectivity index is 2.73. The summed E-state index contributed by atoms with van der Waals surface area (Å²) < 4.78 is 5.39. The average molecular weight is 201 g/mol. The van der Waals surface area contributed by atoms with Crippen molar-refractivity contribution in [1.29, 1.82) is 0 Å². The molecule has 1 rings (SSSR count). The third-order valence-electron chi connectivity index (χ3n) is 1.72. The van der Waals surface area contributed by atoms with E-state index in [9.17, 15) is 0 Å². The second-order valence-corrected chi connectivity index (χ2v) is 3.43. The van der Waals surface area contributed by atoms with Gasteiger partial charge in [-0.2, -0.15) is 0 Å². The zero-order valence-corrected chi connectivity index (χ0v) is 8.51. The summed E-state index contributed by atoms with van der Waals surface area (Å²) in [6, 6.07) is 5.44. The van der Waals surface area contributed by atoms with Crippen LogP contribution in [-0.2, 0) is 0 Å². The van der Waals surface area contributed by atoms with Gasteiger partial charge in [-0.3, -0.25) is 0 Å². The van der Waals surface area contributed by atoms with Crippen molar-refractivity contribution in [3.8, 4) is 5.75 Å². The van der Waals surface area contributed by atoms with E-state index in [2.05, 4.69) is 0 Å². The van der Waals surface area contributed by atoms with Gasteiger partial charge < -0.3 is 9.84 Å². The van der Waals surface area contributed by atoms with Crippen molar-refractivity contribution >= 4 is 11.6 Å². The number of halogens is 1. The number of aliphatic hydroxyl groups is 1. The third kappa shape index (κ3) is 2.90. The van der Waals surface area contributed by atoms with Gasteiger partial charge in [-0.1, -0.05) is 11.6 Å². The van der Waals surface area contributed by atoms with Gasteiger partial charge in [0, 0.05) is 5.02 Å². The predicted molar refractivity (Wildman–Crippen MR) is 53.4 cm³/mol. The standard InChI is InChI=1S/C10H13ClO2/c1-7-5-9(3-4-10(7)11)13-8(2)6-12/h3-5,8,12H,6H2,1-2H3. The Morgan fingerprint density at radius 2 is 2.23 bits per heavy atom. The predicted octanol–water partition coefficient (Wildman–Crippen LogP) is 2.41. The highest BCUT2D eigenvalue weighted by Crippen LogP contribution is 2.21. The highest BCUT2D eigenvalue weighted by atomic mass is 35.5. The number of aliphatic hydroxyl groups excluding tert-OH is 1. The molecule has 1 aromatic rings. The molecule has 0 radical (unpaired) electrons. The molecule has 2 nitrogen and oxygen atoms in total. The van der Waals surface area contributed by atoms with Crippen LogP contribution in [0.15, 0.2) is 18.2 Å². The Labute approximate surface area is 83.1 Å². The highest BCUT2D eigenvalue weighted by molar-refractivity contribution is 6.31. The zero-order valence-electron chi connectivity index (χ0n) is 7.75. The summed E-state index contributed by atoms with van der Waals surface area (Å²) in [5.41, 5.74) is 0.976. The van der Waals surface area contributed by atoms with Crippen LogP contribution in [0.4, 0.5) is 0 Å². The molecule has 0 bridgehead atoms. The number of aryl methyl sites for hydroxylation is 1. The summed E-state index contributed by atoms with van der Waals surface area (Å²) in [4.78, 5) is 0. The molecule has 1 N–H and O–H groups in total. The van der Waals surface area contributed by atoms with Gasteiger partial charge >= 0.3 is 0 Å². The molecule has 1 atom stereocenters. The second kappa shape index (κ2) is 4.49. The fraction of sp³-hybridized carbons (Fsp3) is 0.400. The van der Waals surface area contributed by atoms with Crippen molar-refractivity contribution < 1.29 is 9.84 Å². The van der Waals surface area contributed by atoms with Crippen LogP contribution in [0.2, 0.25) is 5.02 Å². The number of benzene rings is 1. The van der Waals surface area contributed by atoms with Gasteiger partial charge in [0.1, 0.15) is 11.9 Å². The van der Waals surface area contributed by atoms with E-state index in [0.717, 1.165) is 16.3 Å². The molecule has 0 amide bonds. The maximum absolute atomic E-state index is 8.77. The largest absolute Gasteiger partial charge is 0.488 e. The average Bonchev–Trinajstić information content (AvgIpc) is 2.11. The Kier molecular flexibility index (Phi) is 3.58. The Hall–Kier alpha value is -0.730. The lowest BCUT2D eigenvalue weighted by atomic mass is 10.2. The van der Waals surface area contributed by atoms with E-state index >= 15 is 0 Å². The molecule has 0 fully saturated rings. The van der Waals surface area contributed by atoms with Crippen LogP contribution in [0.3, 0.4) is 0 Å². The Morgan fingerprint density at radius 3 is 2.77 bits per heavy atom. The van der Waals surface area contributed by atoms with E-state index in [-0.39, 0.29) is 12.7 Å². The Bertz CT molecular complexity index is 286. The first-order valence-electron chi connectivity index (χ1n) is 4.17. The monoisotopic (exact) mass is 200 g/mol. The van der Waals surface area contributed by atoms with Gasteiger partial charge in [0.25, 0.3) is 0 Å². The minimum absolute atomic E-state index is 0.0155. The lowest BCUT2D eigenvalue weighted by molar-refractivity contribution is 0.129. The third-order valence-corrected chi connectivity index (χ3v) is 2.15. The van der Waals surface area contributed by atoms with Crippen molar-refractivity contribution in [2.75, 3.05) is 6.61 Å². The fourth-order valence-corrected chi connectivity index (χ4v) is 1.08. The van der Waals surface area contributed by atoms with Crippen LogP contribution in [0.5, 0.6) is 5.75 Å². The van der Waals surface area contributed by atoms with Crippen LogP contribution in [0, 0.1) is 6.92 Å². The number of hydrogen-bond donors (Lipinski definition) is 1. The van der Waals surface area contributed by atoms with Crippen molar-refractivity contribution in [2.45, 2.75) is 20.0 Å². The molecule has 0 aliphatic carbocycles. The van der Waals surface area contributed by atoms with Gasteiger partial charge in [-0.25, -0.2) is 0 Å². The molecule has 0 saturated heterocycles. The molecule has 1 unspecified atom stereocenters. The van der Waals surface area contributed by atoms with E-state index in [1.807, 2.05) is 19.9 Å². The molecule has 0 heterocycles. The maximum Gasteiger partial charge on any atom is 0.120 e. The van der Waals surface area contributed by atoms with E-state index in [4.69, 9.17) is 21.4 Å². The summed E-state index contributed by atoms with van der Waals surface area (Å²) in [6.45, 7) is 3.74. The van der Waals surface area contributed by atoms with Gasteiger partial charge in [0.2, 0.25) is 0 Å². The second-order valence-electron chi connectivity index (χ2n) is 3.02. The lowest BCUT2D eigenvalue weighted by Crippen LogP contribution is -2.16. The molecule has 13 heavy (non-hydrogen) atoms. The first-order valence-corrected chi connectivity index (χ1v) is 4.55. The zero-order chi connectivity index (χ0) is 9.84. The summed E-state index contributed by atoms with van der Waals surface area (Å²) >= 11 is 5.85. The summed E-state index contributed by atoms with van der Waals surface area (Å²) in [5, 5.41) is 9.49. The van der Waals surface area contributed by atoms with E-state index in [1.165, 1.54) is 0 Å². The molecular formula is C10H13ClO2. The van der Waals surface area contributed by atoms with Crippen molar-refractivity contribution in [2.24, 2.45) is 0 Å². The minimum atomic E-state index is -0.180. The number of rotatable bonds is 3. The number of hydrogen-bond acceptors (Lipinski definition) is 2. The first-order chi connectivity index (χ1) is 6.13. The summed E-state index contributed by atoms with van der Waals surface area (Å²) in [7, 11) is 0. The minimum Gasteiger partial charge on any atom is -0.488 e.